The Labute approximate surface area is 193 Å². The van der Waals surface area contributed by atoms with E-state index in [0.717, 1.165) is 22.4 Å². The maximum absolute atomic E-state index is 13.6. The zero-order chi connectivity index (χ0) is 23.1. The Bertz CT molecular complexity index is 1570. The van der Waals surface area contributed by atoms with Crippen molar-refractivity contribution in [3.05, 3.63) is 110 Å². The molecule has 0 spiro atoms. The Morgan fingerprint density at radius 1 is 0.909 bits per heavy atom. The van der Waals surface area contributed by atoms with Gasteiger partial charge in [-0.15, -0.1) is 0 Å². The lowest BCUT2D eigenvalue weighted by Crippen LogP contribution is -2.19. The van der Waals surface area contributed by atoms with Crippen LogP contribution in [0.5, 0.6) is 0 Å². The van der Waals surface area contributed by atoms with Crippen LogP contribution in [0.4, 0.5) is 5.69 Å². The highest BCUT2D eigenvalue weighted by Crippen LogP contribution is 2.35. The van der Waals surface area contributed by atoms with E-state index >= 15 is 0 Å². The van der Waals surface area contributed by atoms with Gasteiger partial charge in [0, 0.05) is 11.6 Å². The van der Waals surface area contributed by atoms with E-state index in [2.05, 4.69) is 5.10 Å². The van der Waals surface area contributed by atoms with Crippen molar-refractivity contribution in [2.75, 3.05) is 0 Å². The van der Waals surface area contributed by atoms with Crippen LogP contribution in [-0.4, -0.2) is 19.5 Å². The quantitative estimate of drug-likeness (QED) is 0.269. The SMILES string of the molecule is Cc1nc2c(-c3ccccc3)c(-c3ccccc3)[nH]n2c(=O)c1-c1ccc([N+](=O)[O-])c(Cl)c1. The predicted octanol–water partition coefficient (Wildman–Crippen LogP) is 5.89. The Balaban J connectivity index is 1.81. The van der Waals surface area contributed by atoms with Gasteiger partial charge in [0.25, 0.3) is 11.2 Å². The number of benzene rings is 3. The van der Waals surface area contributed by atoms with Crippen LogP contribution in [0, 0.1) is 17.0 Å². The summed E-state index contributed by atoms with van der Waals surface area (Å²) in [5, 5.41) is 14.3. The second kappa shape index (κ2) is 8.03. The fourth-order valence-corrected chi connectivity index (χ4v) is 4.26. The Hall–Kier alpha value is -4.23. The van der Waals surface area contributed by atoms with E-state index in [4.69, 9.17) is 16.6 Å². The van der Waals surface area contributed by atoms with Gasteiger partial charge in [-0.2, -0.15) is 4.52 Å². The van der Waals surface area contributed by atoms with E-state index in [9.17, 15) is 14.9 Å². The number of aromatic nitrogens is 3. The zero-order valence-corrected chi connectivity index (χ0v) is 18.2. The number of nitrogens with zero attached hydrogens (tertiary/aromatic N) is 3. The monoisotopic (exact) mass is 456 g/mol. The molecule has 7 nitrogen and oxygen atoms in total. The summed E-state index contributed by atoms with van der Waals surface area (Å²) >= 11 is 6.11. The third-order valence-corrected chi connectivity index (χ3v) is 5.82. The fourth-order valence-electron chi connectivity index (χ4n) is 4.01. The summed E-state index contributed by atoms with van der Waals surface area (Å²) in [6.45, 7) is 1.75. The van der Waals surface area contributed by atoms with Gasteiger partial charge in [0.2, 0.25) is 0 Å². The first kappa shape index (κ1) is 20.7. The molecule has 33 heavy (non-hydrogen) atoms. The zero-order valence-electron chi connectivity index (χ0n) is 17.4. The van der Waals surface area contributed by atoms with Crippen molar-refractivity contribution in [2.45, 2.75) is 6.92 Å². The van der Waals surface area contributed by atoms with Crippen LogP contribution >= 0.6 is 11.6 Å². The number of halogens is 1. The van der Waals surface area contributed by atoms with Crippen LogP contribution in [0.25, 0.3) is 39.2 Å². The topological polar surface area (TPSA) is 93.3 Å². The number of rotatable bonds is 4. The van der Waals surface area contributed by atoms with Gasteiger partial charge in [0.05, 0.1) is 27.4 Å². The molecule has 0 radical (unpaired) electrons. The molecule has 0 saturated heterocycles. The van der Waals surface area contributed by atoms with E-state index in [1.807, 2.05) is 60.7 Å². The second-order valence-electron chi connectivity index (χ2n) is 7.55. The molecule has 1 N–H and O–H groups in total. The molecular formula is C25H17ClN4O3. The number of aromatic amines is 1. The van der Waals surface area contributed by atoms with Gasteiger partial charge in [-0.25, -0.2) is 4.98 Å². The molecule has 0 aliphatic rings. The summed E-state index contributed by atoms with van der Waals surface area (Å²) < 4.78 is 1.42. The molecule has 0 amide bonds. The maximum atomic E-state index is 13.6. The van der Waals surface area contributed by atoms with Crippen LogP contribution in [0.15, 0.2) is 83.7 Å². The minimum atomic E-state index is -0.559. The summed E-state index contributed by atoms with van der Waals surface area (Å²) in [6, 6.07) is 23.7. The first-order valence-corrected chi connectivity index (χ1v) is 10.5. The van der Waals surface area contributed by atoms with E-state index in [-0.39, 0.29) is 16.3 Å². The maximum Gasteiger partial charge on any atom is 0.287 e. The van der Waals surface area contributed by atoms with E-state index in [1.54, 1.807) is 6.92 Å². The van der Waals surface area contributed by atoms with Gasteiger partial charge in [0.1, 0.15) is 5.02 Å². The van der Waals surface area contributed by atoms with E-state index < -0.39 is 4.92 Å². The lowest BCUT2D eigenvalue weighted by Gasteiger charge is -2.07. The third-order valence-electron chi connectivity index (χ3n) is 5.52. The van der Waals surface area contributed by atoms with Gasteiger partial charge in [-0.05, 0) is 30.2 Å². The number of fused-ring (bicyclic) bond motifs is 1. The standard InChI is InChI=1S/C25H17ClN4O3/c1-15-21(18-12-13-20(30(32)33)19(26)14-18)25(31)29-24(27-15)22(16-8-4-2-5-9-16)23(28-29)17-10-6-3-7-11-17/h2-14,28H,1H3. The lowest BCUT2D eigenvalue weighted by atomic mass is 10.0. The van der Waals surface area contributed by atoms with Crippen LogP contribution in [0.1, 0.15) is 5.69 Å². The smallest absolute Gasteiger partial charge is 0.287 e. The summed E-state index contributed by atoms with van der Waals surface area (Å²) in [6.07, 6.45) is 0. The molecule has 0 saturated carbocycles. The lowest BCUT2D eigenvalue weighted by molar-refractivity contribution is -0.384. The van der Waals surface area contributed by atoms with Crippen molar-refractivity contribution in [3.8, 4) is 33.5 Å². The van der Waals surface area contributed by atoms with Gasteiger partial charge < -0.3 is 0 Å². The number of nitro groups is 1. The normalized spacial score (nSPS) is 11.1. The molecule has 5 rings (SSSR count). The fraction of sp³-hybridized carbons (Fsp3) is 0.0400. The number of nitro benzene ring substituents is 1. The van der Waals surface area contributed by atoms with Crippen LogP contribution in [-0.2, 0) is 0 Å². The molecule has 0 aliphatic heterocycles. The molecule has 8 heteroatoms. The Kier molecular flexibility index (Phi) is 5.03. The highest BCUT2D eigenvalue weighted by atomic mass is 35.5. The Morgan fingerprint density at radius 2 is 1.55 bits per heavy atom. The number of hydrogen-bond acceptors (Lipinski definition) is 4. The Morgan fingerprint density at radius 3 is 2.15 bits per heavy atom. The molecule has 0 bridgehead atoms. The molecular weight excluding hydrogens is 440 g/mol. The highest BCUT2D eigenvalue weighted by Gasteiger charge is 2.22. The molecule has 3 aromatic carbocycles. The summed E-state index contributed by atoms with van der Waals surface area (Å²) in [5.41, 5.74) is 4.68. The van der Waals surface area contributed by atoms with Crippen molar-refractivity contribution in [1.29, 1.82) is 0 Å². The molecule has 0 atom stereocenters. The summed E-state index contributed by atoms with van der Waals surface area (Å²) in [4.78, 5) is 29.0. The molecule has 0 fully saturated rings. The van der Waals surface area contributed by atoms with E-state index in [1.165, 1.54) is 22.7 Å². The van der Waals surface area contributed by atoms with Gasteiger partial charge in [0.15, 0.2) is 5.65 Å². The summed E-state index contributed by atoms with van der Waals surface area (Å²) in [7, 11) is 0. The first-order valence-electron chi connectivity index (χ1n) is 10.2. The third kappa shape index (κ3) is 3.48. The van der Waals surface area contributed by atoms with Crippen LogP contribution < -0.4 is 5.56 Å². The molecule has 0 unspecified atom stereocenters. The predicted molar refractivity (Wildman–Crippen MR) is 129 cm³/mol. The van der Waals surface area contributed by atoms with Crippen LogP contribution in [0.2, 0.25) is 5.02 Å². The highest BCUT2D eigenvalue weighted by molar-refractivity contribution is 6.33. The van der Waals surface area contributed by atoms with Crippen molar-refractivity contribution in [3.63, 3.8) is 0 Å². The minimum absolute atomic E-state index is 0.0390. The van der Waals surface area contributed by atoms with Crippen molar-refractivity contribution < 1.29 is 4.92 Å². The molecule has 5 aromatic rings. The average Bonchev–Trinajstić information content (AvgIpc) is 3.19. The number of aryl methyl sites for hydroxylation is 1. The minimum Gasteiger partial charge on any atom is -0.288 e. The largest absolute Gasteiger partial charge is 0.288 e. The second-order valence-corrected chi connectivity index (χ2v) is 7.96. The van der Waals surface area contributed by atoms with Crippen molar-refractivity contribution >= 4 is 22.9 Å². The van der Waals surface area contributed by atoms with Crippen molar-refractivity contribution in [2.24, 2.45) is 0 Å². The molecule has 0 aliphatic carbocycles. The molecule has 2 heterocycles. The van der Waals surface area contributed by atoms with Crippen LogP contribution in [0.3, 0.4) is 0 Å². The average molecular weight is 457 g/mol. The van der Waals surface area contributed by atoms with Gasteiger partial charge in [-0.3, -0.25) is 20.0 Å². The van der Waals surface area contributed by atoms with E-state index in [0.29, 0.717) is 22.5 Å². The van der Waals surface area contributed by atoms with Gasteiger partial charge in [-0.1, -0.05) is 72.3 Å². The number of nitrogens with one attached hydrogen (secondary N) is 1. The first-order chi connectivity index (χ1) is 16.0. The molecule has 162 valence electrons. The number of H-pyrrole nitrogens is 1. The summed E-state index contributed by atoms with van der Waals surface area (Å²) in [5.74, 6) is 0. The van der Waals surface area contributed by atoms with Crippen molar-refractivity contribution in [1.82, 2.24) is 14.6 Å². The molecule has 2 aromatic heterocycles. The van der Waals surface area contributed by atoms with Gasteiger partial charge >= 0.3 is 0 Å². The number of hydrogen-bond donors (Lipinski definition) is 1.